The molecule has 1 amide bonds. The van der Waals surface area contributed by atoms with Crippen molar-refractivity contribution in [2.75, 3.05) is 43.2 Å². The monoisotopic (exact) mass is 293 g/mol. The van der Waals surface area contributed by atoms with Gasteiger partial charge in [0.05, 0.1) is 5.75 Å². The zero-order valence-corrected chi connectivity index (χ0v) is 13.0. The van der Waals surface area contributed by atoms with E-state index in [0.29, 0.717) is 11.0 Å². The van der Waals surface area contributed by atoms with E-state index in [1.807, 2.05) is 43.3 Å². The van der Waals surface area contributed by atoms with Gasteiger partial charge in [0.25, 0.3) is 0 Å². The number of piperidine rings is 1. The Morgan fingerprint density at radius 1 is 1.40 bits per heavy atom. The van der Waals surface area contributed by atoms with Gasteiger partial charge in [-0.2, -0.15) is 0 Å². The highest BCUT2D eigenvalue weighted by molar-refractivity contribution is 8.00. The molecule has 1 aliphatic heterocycles. The molecule has 2 rings (SSSR count). The Hall–Kier alpha value is -1.20. The van der Waals surface area contributed by atoms with E-state index in [0.717, 1.165) is 37.3 Å². The molecule has 0 unspecified atom stereocenters. The van der Waals surface area contributed by atoms with Crippen LogP contribution in [0.1, 0.15) is 12.8 Å². The summed E-state index contributed by atoms with van der Waals surface area (Å²) in [6.07, 6.45) is 2.32. The Labute approximate surface area is 125 Å². The first kappa shape index (κ1) is 15.2. The number of rotatable bonds is 5. The van der Waals surface area contributed by atoms with Crippen molar-refractivity contribution in [2.45, 2.75) is 18.1 Å². The van der Waals surface area contributed by atoms with Crippen molar-refractivity contribution >= 4 is 29.0 Å². The van der Waals surface area contributed by atoms with Gasteiger partial charge in [-0.15, -0.1) is 11.8 Å². The maximum absolute atomic E-state index is 12.0. The van der Waals surface area contributed by atoms with Crippen molar-refractivity contribution in [1.29, 1.82) is 0 Å². The van der Waals surface area contributed by atoms with Crippen LogP contribution in [0.3, 0.4) is 0 Å². The Morgan fingerprint density at radius 2 is 2.15 bits per heavy atom. The second-order valence-electron chi connectivity index (χ2n) is 5.25. The van der Waals surface area contributed by atoms with E-state index in [1.54, 1.807) is 11.8 Å². The molecule has 0 saturated carbocycles. The number of hydrogen-bond acceptors (Lipinski definition) is 4. The summed E-state index contributed by atoms with van der Waals surface area (Å²) in [4.78, 5) is 14.0. The first-order chi connectivity index (χ1) is 9.65. The van der Waals surface area contributed by atoms with E-state index in [1.165, 1.54) is 0 Å². The molecule has 1 fully saturated rings. The number of nitrogens with one attached hydrogen (secondary N) is 2. The van der Waals surface area contributed by atoms with E-state index in [4.69, 9.17) is 0 Å². The summed E-state index contributed by atoms with van der Waals surface area (Å²) in [7, 11) is 3.99. The molecule has 20 heavy (non-hydrogen) atoms. The molecule has 5 heteroatoms. The molecule has 1 saturated heterocycles. The molecule has 1 heterocycles. The first-order valence-electron chi connectivity index (χ1n) is 7.05. The van der Waals surface area contributed by atoms with Crippen LogP contribution in [0.15, 0.2) is 24.3 Å². The van der Waals surface area contributed by atoms with Crippen molar-refractivity contribution in [2.24, 2.45) is 0 Å². The van der Waals surface area contributed by atoms with Crippen LogP contribution in [0.5, 0.6) is 0 Å². The van der Waals surface area contributed by atoms with Gasteiger partial charge in [-0.25, -0.2) is 0 Å². The predicted molar refractivity (Wildman–Crippen MR) is 87.7 cm³/mol. The average Bonchev–Trinajstić information content (AvgIpc) is 2.46. The van der Waals surface area contributed by atoms with Crippen LogP contribution in [-0.2, 0) is 4.79 Å². The SMILES string of the molecule is CN(C)c1cccc(NC(=O)CSC2CCNCC2)c1. The van der Waals surface area contributed by atoms with Crippen molar-refractivity contribution in [3.63, 3.8) is 0 Å². The summed E-state index contributed by atoms with van der Waals surface area (Å²) in [6, 6.07) is 7.91. The highest BCUT2D eigenvalue weighted by Crippen LogP contribution is 2.21. The molecule has 110 valence electrons. The Morgan fingerprint density at radius 3 is 2.85 bits per heavy atom. The third-order valence-corrected chi connectivity index (χ3v) is 4.75. The average molecular weight is 293 g/mol. The minimum Gasteiger partial charge on any atom is -0.378 e. The topological polar surface area (TPSA) is 44.4 Å². The quantitative estimate of drug-likeness (QED) is 0.873. The van der Waals surface area contributed by atoms with Crippen molar-refractivity contribution < 1.29 is 4.79 Å². The largest absolute Gasteiger partial charge is 0.378 e. The Kier molecular flexibility index (Phi) is 5.73. The fourth-order valence-corrected chi connectivity index (χ4v) is 3.24. The van der Waals surface area contributed by atoms with Crippen LogP contribution in [0.4, 0.5) is 11.4 Å². The van der Waals surface area contributed by atoms with E-state index < -0.39 is 0 Å². The van der Waals surface area contributed by atoms with Crippen LogP contribution in [0.25, 0.3) is 0 Å². The third-order valence-electron chi connectivity index (χ3n) is 3.38. The van der Waals surface area contributed by atoms with Gasteiger partial charge in [-0.05, 0) is 44.1 Å². The van der Waals surface area contributed by atoms with Crippen molar-refractivity contribution in [3.8, 4) is 0 Å². The lowest BCUT2D eigenvalue weighted by molar-refractivity contribution is -0.113. The van der Waals surface area contributed by atoms with E-state index in [9.17, 15) is 4.79 Å². The lowest BCUT2D eigenvalue weighted by atomic mass is 10.2. The second kappa shape index (κ2) is 7.55. The maximum atomic E-state index is 12.0. The minimum atomic E-state index is 0.0874. The van der Waals surface area contributed by atoms with Gasteiger partial charge in [0.1, 0.15) is 0 Å². The van der Waals surface area contributed by atoms with Gasteiger partial charge in [-0.3, -0.25) is 4.79 Å². The minimum absolute atomic E-state index is 0.0874. The number of benzene rings is 1. The molecule has 0 aliphatic carbocycles. The highest BCUT2D eigenvalue weighted by Gasteiger charge is 2.15. The molecule has 1 aliphatic rings. The highest BCUT2D eigenvalue weighted by atomic mass is 32.2. The van der Waals surface area contributed by atoms with Gasteiger partial charge in [-0.1, -0.05) is 6.07 Å². The second-order valence-corrected chi connectivity index (χ2v) is 6.54. The molecule has 0 bridgehead atoms. The zero-order valence-electron chi connectivity index (χ0n) is 12.2. The number of amides is 1. The molecule has 0 aromatic heterocycles. The summed E-state index contributed by atoms with van der Waals surface area (Å²) in [5.41, 5.74) is 1.96. The third kappa shape index (κ3) is 4.72. The lowest BCUT2D eigenvalue weighted by Crippen LogP contribution is -2.30. The summed E-state index contributed by atoms with van der Waals surface area (Å²) in [5.74, 6) is 0.626. The van der Waals surface area contributed by atoms with Gasteiger partial charge in [0.2, 0.25) is 5.91 Å². The number of anilines is 2. The summed E-state index contributed by atoms with van der Waals surface area (Å²) < 4.78 is 0. The summed E-state index contributed by atoms with van der Waals surface area (Å²) >= 11 is 1.77. The fourth-order valence-electron chi connectivity index (χ4n) is 2.21. The van der Waals surface area contributed by atoms with E-state index in [-0.39, 0.29) is 5.91 Å². The Balaban J connectivity index is 1.80. The van der Waals surface area contributed by atoms with Crippen molar-refractivity contribution in [1.82, 2.24) is 5.32 Å². The molecule has 0 atom stereocenters. The molecular weight excluding hydrogens is 270 g/mol. The first-order valence-corrected chi connectivity index (χ1v) is 8.09. The molecule has 1 aromatic rings. The van der Waals surface area contributed by atoms with E-state index >= 15 is 0 Å². The van der Waals surface area contributed by atoms with Crippen LogP contribution in [0, 0.1) is 0 Å². The zero-order chi connectivity index (χ0) is 14.4. The van der Waals surface area contributed by atoms with Crippen LogP contribution in [-0.4, -0.2) is 44.1 Å². The molecule has 0 radical (unpaired) electrons. The molecule has 4 nitrogen and oxygen atoms in total. The lowest BCUT2D eigenvalue weighted by Gasteiger charge is -2.21. The predicted octanol–water partition coefficient (Wildman–Crippen LogP) is 2.18. The van der Waals surface area contributed by atoms with Crippen LogP contribution >= 0.6 is 11.8 Å². The molecule has 2 N–H and O–H groups in total. The molecule has 0 spiro atoms. The smallest absolute Gasteiger partial charge is 0.234 e. The standard InChI is InChI=1S/C15H23N3OS/c1-18(2)13-5-3-4-12(10-13)17-15(19)11-20-14-6-8-16-9-7-14/h3-5,10,14,16H,6-9,11H2,1-2H3,(H,17,19). The van der Waals surface area contributed by atoms with Crippen molar-refractivity contribution in [3.05, 3.63) is 24.3 Å². The number of carbonyl (C=O) groups excluding carboxylic acids is 1. The number of hydrogen-bond donors (Lipinski definition) is 2. The van der Waals surface area contributed by atoms with Gasteiger partial charge < -0.3 is 15.5 Å². The number of nitrogens with zero attached hydrogens (tertiary/aromatic N) is 1. The molecule has 1 aromatic carbocycles. The van der Waals surface area contributed by atoms with Gasteiger partial charge in [0, 0.05) is 30.7 Å². The van der Waals surface area contributed by atoms with Gasteiger partial charge in [0.15, 0.2) is 0 Å². The maximum Gasteiger partial charge on any atom is 0.234 e. The molecular formula is C15H23N3OS. The number of thioether (sulfide) groups is 1. The Bertz CT molecular complexity index is 444. The number of carbonyl (C=O) groups is 1. The summed E-state index contributed by atoms with van der Waals surface area (Å²) in [5, 5.41) is 6.94. The fraction of sp³-hybridized carbons (Fsp3) is 0.533. The van der Waals surface area contributed by atoms with E-state index in [2.05, 4.69) is 10.6 Å². The summed E-state index contributed by atoms with van der Waals surface area (Å²) in [6.45, 7) is 2.15. The van der Waals surface area contributed by atoms with Gasteiger partial charge >= 0.3 is 0 Å². The van der Waals surface area contributed by atoms with Crippen LogP contribution in [0.2, 0.25) is 0 Å². The normalized spacial score (nSPS) is 15.9. The van der Waals surface area contributed by atoms with Crippen LogP contribution < -0.4 is 15.5 Å².